The van der Waals surface area contributed by atoms with Gasteiger partial charge in [-0.05, 0) is 43.4 Å². The molecule has 0 bridgehead atoms. The molecule has 6 nitrogen and oxygen atoms in total. The molecule has 0 aromatic heterocycles. The SMILES string of the molecule is CSc1ccc(C(=O)OCC(=O)NC(=O)NC2CC2)cc1. The number of benzene rings is 1. The van der Waals surface area contributed by atoms with Gasteiger partial charge in [0.1, 0.15) is 0 Å². The summed E-state index contributed by atoms with van der Waals surface area (Å²) >= 11 is 1.56. The Hall–Kier alpha value is -2.02. The average molecular weight is 308 g/mol. The van der Waals surface area contributed by atoms with E-state index in [2.05, 4.69) is 10.6 Å². The molecule has 1 aromatic carbocycles. The van der Waals surface area contributed by atoms with Crippen LogP contribution in [-0.4, -0.2) is 36.8 Å². The molecule has 0 atom stereocenters. The van der Waals surface area contributed by atoms with Crippen LogP contribution in [0.5, 0.6) is 0 Å². The predicted octanol–water partition coefficient (Wildman–Crippen LogP) is 1.55. The lowest BCUT2D eigenvalue weighted by Crippen LogP contribution is -2.42. The van der Waals surface area contributed by atoms with E-state index in [9.17, 15) is 14.4 Å². The number of urea groups is 1. The number of carbonyl (C=O) groups is 3. The van der Waals surface area contributed by atoms with Crippen molar-refractivity contribution in [1.82, 2.24) is 10.6 Å². The summed E-state index contributed by atoms with van der Waals surface area (Å²) in [5.74, 6) is -1.25. The standard InChI is InChI=1S/C14H16N2O4S/c1-21-11-6-2-9(3-7-11)13(18)20-8-12(17)16-14(19)15-10-4-5-10/h2-3,6-7,10H,4-5,8H2,1H3,(H2,15,16,17,19). The van der Waals surface area contributed by atoms with Gasteiger partial charge in [-0.1, -0.05) is 0 Å². The number of ether oxygens (including phenoxy) is 1. The number of amides is 3. The molecular weight excluding hydrogens is 292 g/mol. The molecule has 1 aliphatic rings. The third kappa shape index (κ3) is 5.11. The summed E-state index contributed by atoms with van der Waals surface area (Å²) in [6.45, 7) is -0.485. The fourth-order valence-electron chi connectivity index (χ4n) is 1.55. The molecule has 0 radical (unpaired) electrons. The highest BCUT2D eigenvalue weighted by molar-refractivity contribution is 7.98. The van der Waals surface area contributed by atoms with Crippen molar-refractivity contribution in [3.05, 3.63) is 29.8 Å². The van der Waals surface area contributed by atoms with Crippen LogP contribution in [0.25, 0.3) is 0 Å². The second-order valence-electron chi connectivity index (χ2n) is 4.60. The minimum Gasteiger partial charge on any atom is -0.452 e. The van der Waals surface area contributed by atoms with Crippen molar-refractivity contribution in [2.24, 2.45) is 0 Å². The van der Waals surface area contributed by atoms with Crippen LogP contribution in [0.15, 0.2) is 29.2 Å². The first-order valence-corrected chi connectivity index (χ1v) is 7.72. The molecule has 1 aromatic rings. The molecular formula is C14H16N2O4S. The van der Waals surface area contributed by atoms with Crippen LogP contribution in [0.4, 0.5) is 4.79 Å². The Morgan fingerprint density at radius 1 is 1.24 bits per heavy atom. The Balaban J connectivity index is 1.74. The van der Waals surface area contributed by atoms with E-state index >= 15 is 0 Å². The number of carbonyl (C=O) groups excluding carboxylic acids is 3. The van der Waals surface area contributed by atoms with Crippen LogP contribution >= 0.6 is 11.8 Å². The number of hydrogen-bond acceptors (Lipinski definition) is 5. The highest BCUT2D eigenvalue weighted by atomic mass is 32.2. The maximum Gasteiger partial charge on any atom is 0.338 e. The number of esters is 1. The molecule has 112 valence electrons. The third-order valence-corrected chi connectivity index (χ3v) is 3.57. The van der Waals surface area contributed by atoms with Crippen LogP contribution in [0.3, 0.4) is 0 Å². The number of imide groups is 1. The lowest BCUT2D eigenvalue weighted by molar-refractivity contribution is -0.123. The van der Waals surface area contributed by atoms with E-state index in [4.69, 9.17) is 4.74 Å². The summed E-state index contributed by atoms with van der Waals surface area (Å²) in [6, 6.07) is 6.46. The van der Waals surface area contributed by atoms with Gasteiger partial charge in [-0.2, -0.15) is 0 Å². The molecule has 1 saturated carbocycles. The van der Waals surface area contributed by atoms with E-state index in [-0.39, 0.29) is 6.04 Å². The van der Waals surface area contributed by atoms with Crippen LogP contribution in [0, 0.1) is 0 Å². The summed E-state index contributed by atoms with van der Waals surface area (Å²) in [7, 11) is 0. The monoisotopic (exact) mass is 308 g/mol. The van der Waals surface area contributed by atoms with Gasteiger partial charge in [-0.15, -0.1) is 11.8 Å². The summed E-state index contributed by atoms with van der Waals surface area (Å²) in [6.07, 6.45) is 3.80. The van der Waals surface area contributed by atoms with Gasteiger partial charge in [0.15, 0.2) is 6.61 Å². The first kappa shape index (κ1) is 15.4. The molecule has 7 heteroatoms. The predicted molar refractivity (Wildman–Crippen MR) is 78.2 cm³/mol. The van der Waals surface area contributed by atoms with E-state index in [0.29, 0.717) is 5.56 Å². The fraction of sp³-hybridized carbons (Fsp3) is 0.357. The molecule has 0 saturated heterocycles. The first-order chi connectivity index (χ1) is 10.1. The molecule has 2 N–H and O–H groups in total. The Labute approximate surface area is 126 Å². The number of nitrogens with one attached hydrogen (secondary N) is 2. The van der Waals surface area contributed by atoms with Crippen molar-refractivity contribution in [3.63, 3.8) is 0 Å². The number of rotatable bonds is 5. The minimum atomic E-state index is -0.651. The van der Waals surface area contributed by atoms with Gasteiger partial charge in [-0.25, -0.2) is 9.59 Å². The van der Waals surface area contributed by atoms with E-state index in [0.717, 1.165) is 17.7 Å². The summed E-state index contributed by atoms with van der Waals surface area (Å²) < 4.78 is 4.85. The largest absolute Gasteiger partial charge is 0.452 e. The Kier molecular flexibility index (Phi) is 5.21. The molecule has 0 unspecified atom stereocenters. The van der Waals surface area contributed by atoms with Gasteiger partial charge >= 0.3 is 12.0 Å². The van der Waals surface area contributed by atoms with Crippen LogP contribution in [0.1, 0.15) is 23.2 Å². The van der Waals surface area contributed by atoms with Crippen molar-refractivity contribution in [2.75, 3.05) is 12.9 Å². The van der Waals surface area contributed by atoms with Crippen molar-refractivity contribution in [3.8, 4) is 0 Å². The lowest BCUT2D eigenvalue weighted by Gasteiger charge is -2.07. The van der Waals surface area contributed by atoms with Gasteiger partial charge in [0.2, 0.25) is 0 Å². The highest BCUT2D eigenvalue weighted by Gasteiger charge is 2.24. The molecule has 0 heterocycles. The van der Waals surface area contributed by atoms with E-state index in [1.165, 1.54) is 0 Å². The van der Waals surface area contributed by atoms with Crippen molar-refractivity contribution in [1.29, 1.82) is 0 Å². The quantitative estimate of drug-likeness (QED) is 0.637. The lowest BCUT2D eigenvalue weighted by atomic mass is 10.2. The van der Waals surface area contributed by atoms with Gasteiger partial charge in [0, 0.05) is 10.9 Å². The molecule has 1 aliphatic carbocycles. The van der Waals surface area contributed by atoms with Crippen molar-refractivity contribution >= 4 is 29.7 Å². The topological polar surface area (TPSA) is 84.5 Å². The maximum absolute atomic E-state index is 11.7. The third-order valence-electron chi connectivity index (χ3n) is 2.83. The number of thioether (sulfide) groups is 1. The van der Waals surface area contributed by atoms with Crippen molar-refractivity contribution in [2.45, 2.75) is 23.8 Å². The summed E-state index contributed by atoms with van der Waals surface area (Å²) in [4.78, 5) is 35.5. The first-order valence-electron chi connectivity index (χ1n) is 6.50. The molecule has 0 aliphatic heterocycles. The van der Waals surface area contributed by atoms with Gasteiger partial charge in [-0.3, -0.25) is 10.1 Å². The molecule has 3 amide bonds. The molecule has 0 spiro atoms. The van der Waals surface area contributed by atoms with E-state index in [1.807, 2.05) is 6.26 Å². The zero-order chi connectivity index (χ0) is 15.2. The summed E-state index contributed by atoms with van der Waals surface area (Å²) in [5.41, 5.74) is 0.364. The zero-order valence-electron chi connectivity index (χ0n) is 11.5. The molecule has 21 heavy (non-hydrogen) atoms. The fourth-order valence-corrected chi connectivity index (χ4v) is 1.96. The van der Waals surface area contributed by atoms with Crippen LogP contribution < -0.4 is 10.6 Å². The second kappa shape index (κ2) is 7.12. The zero-order valence-corrected chi connectivity index (χ0v) is 12.4. The average Bonchev–Trinajstić information content (AvgIpc) is 3.28. The molecule has 1 fully saturated rings. The van der Waals surface area contributed by atoms with Gasteiger partial charge in [0.25, 0.3) is 5.91 Å². The molecule has 2 rings (SSSR count). The minimum absolute atomic E-state index is 0.162. The van der Waals surface area contributed by atoms with Crippen molar-refractivity contribution < 1.29 is 19.1 Å². The highest BCUT2D eigenvalue weighted by Crippen LogP contribution is 2.18. The van der Waals surface area contributed by atoms with Gasteiger partial charge < -0.3 is 10.1 Å². The van der Waals surface area contributed by atoms with Gasteiger partial charge in [0.05, 0.1) is 5.56 Å². The Morgan fingerprint density at radius 3 is 2.48 bits per heavy atom. The van der Waals surface area contributed by atoms with Crippen LogP contribution in [0.2, 0.25) is 0 Å². The summed E-state index contributed by atoms with van der Waals surface area (Å²) in [5, 5.41) is 4.71. The smallest absolute Gasteiger partial charge is 0.338 e. The normalized spacial score (nSPS) is 13.4. The van der Waals surface area contributed by atoms with Crippen LogP contribution in [-0.2, 0) is 9.53 Å². The number of hydrogen-bond donors (Lipinski definition) is 2. The Bertz CT molecular complexity index is 540. The van der Waals surface area contributed by atoms with E-state index < -0.39 is 24.5 Å². The van der Waals surface area contributed by atoms with E-state index in [1.54, 1.807) is 36.0 Å². The Morgan fingerprint density at radius 2 is 1.90 bits per heavy atom. The second-order valence-corrected chi connectivity index (χ2v) is 5.48. The maximum atomic E-state index is 11.7.